The Labute approximate surface area is 89.0 Å². The van der Waals surface area contributed by atoms with Crippen molar-refractivity contribution < 1.29 is 19.4 Å². The van der Waals surface area contributed by atoms with E-state index in [4.69, 9.17) is 9.84 Å². The molecule has 1 aliphatic heterocycles. The van der Waals surface area contributed by atoms with Crippen molar-refractivity contribution in [3.63, 3.8) is 0 Å². The van der Waals surface area contributed by atoms with Crippen LogP contribution in [0, 0.1) is 0 Å². The molecular weight excluding hydrogens is 198 g/mol. The predicted molar refractivity (Wildman–Crippen MR) is 53.6 cm³/mol. The molecule has 5 nitrogen and oxygen atoms in total. The zero-order valence-electron chi connectivity index (χ0n) is 9.53. The second-order valence-corrected chi connectivity index (χ2v) is 4.96. The zero-order chi connectivity index (χ0) is 11.9. The van der Waals surface area contributed by atoms with E-state index >= 15 is 0 Å². The first-order valence-electron chi connectivity index (χ1n) is 4.91. The van der Waals surface area contributed by atoms with Gasteiger partial charge in [-0.3, -0.25) is 4.90 Å². The molecule has 0 bridgehead atoms. The van der Waals surface area contributed by atoms with Crippen molar-refractivity contribution in [2.75, 3.05) is 6.54 Å². The molecule has 0 aromatic carbocycles. The molecule has 0 aromatic heterocycles. The first-order valence-corrected chi connectivity index (χ1v) is 4.91. The Morgan fingerprint density at radius 2 is 1.93 bits per heavy atom. The molecule has 1 atom stereocenters. The van der Waals surface area contributed by atoms with Crippen molar-refractivity contribution in [1.82, 2.24) is 4.90 Å². The summed E-state index contributed by atoms with van der Waals surface area (Å²) >= 11 is 0. The van der Waals surface area contributed by atoms with Crippen LogP contribution in [-0.4, -0.2) is 39.8 Å². The van der Waals surface area contributed by atoms with E-state index in [1.807, 2.05) is 0 Å². The Bertz CT molecular complexity index is 294. The number of amides is 1. The molecule has 1 heterocycles. The van der Waals surface area contributed by atoms with E-state index in [0.29, 0.717) is 13.0 Å². The van der Waals surface area contributed by atoms with Crippen molar-refractivity contribution in [1.29, 1.82) is 0 Å². The molecule has 1 aliphatic rings. The number of carbonyl (C=O) groups excluding carboxylic acids is 1. The van der Waals surface area contributed by atoms with Crippen LogP contribution >= 0.6 is 0 Å². The van der Waals surface area contributed by atoms with Crippen molar-refractivity contribution in [3.05, 3.63) is 0 Å². The van der Waals surface area contributed by atoms with Crippen molar-refractivity contribution >= 4 is 12.1 Å². The van der Waals surface area contributed by atoms with Crippen LogP contribution in [-0.2, 0) is 9.53 Å². The standard InChI is InChI=1S/C10H17NO4/c1-9(2,3)15-8(14)11-6-5-10(11,4)7(12)13/h5-6H2,1-4H3,(H,12,13)/t10-/m0/s1. The number of hydrogen-bond donors (Lipinski definition) is 1. The molecule has 1 amide bonds. The lowest BCUT2D eigenvalue weighted by Gasteiger charge is -2.46. The monoisotopic (exact) mass is 215 g/mol. The van der Waals surface area contributed by atoms with Crippen LogP contribution in [0.5, 0.6) is 0 Å². The van der Waals surface area contributed by atoms with Crippen LogP contribution < -0.4 is 0 Å². The van der Waals surface area contributed by atoms with Gasteiger partial charge in [-0.1, -0.05) is 0 Å². The van der Waals surface area contributed by atoms with Gasteiger partial charge in [-0.25, -0.2) is 9.59 Å². The highest BCUT2D eigenvalue weighted by atomic mass is 16.6. The molecular formula is C10H17NO4. The molecule has 0 aromatic rings. The highest BCUT2D eigenvalue weighted by Crippen LogP contribution is 2.31. The van der Waals surface area contributed by atoms with Gasteiger partial charge >= 0.3 is 12.1 Å². The molecule has 0 radical (unpaired) electrons. The lowest BCUT2D eigenvalue weighted by atomic mass is 9.87. The van der Waals surface area contributed by atoms with Crippen molar-refractivity contribution in [2.45, 2.75) is 45.3 Å². The van der Waals surface area contributed by atoms with Crippen LogP contribution in [0.15, 0.2) is 0 Å². The molecule has 0 unspecified atom stereocenters. The second-order valence-electron chi connectivity index (χ2n) is 4.96. The van der Waals surface area contributed by atoms with Gasteiger partial charge in [0.2, 0.25) is 0 Å². The number of aliphatic carboxylic acids is 1. The topological polar surface area (TPSA) is 66.8 Å². The lowest BCUT2D eigenvalue weighted by Crippen LogP contribution is -2.65. The largest absolute Gasteiger partial charge is 0.480 e. The fourth-order valence-corrected chi connectivity index (χ4v) is 1.39. The van der Waals surface area contributed by atoms with Crippen LogP contribution in [0.2, 0.25) is 0 Å². The second kappa shape index (κ2) is 3.40. The van der Waals surface area contributed by atoms with Crippen molar-refractivity contribution in [3.8, 4) is 0 Å². The maximum absolute atomic E-state index is 11.6. The number of carboxylic acids is 1. The van der Waals surface area contributed by atoms with Gasteiger partial charge in [0.15, 0.2) is 0 Å². The molecule has 0 saturated carbocycles. The normalized spacial score (nSPS) is 25.7. The third-order valence-corrected chi connectivity index (χ3v) is 2.49. The van der Waals surface area contributed by atoms with E-state index in [0.717, 1.165) is 0 Å². The first kappa shape index (κ1) is 11.8. The smallest absolute Gasteiger partial charge is 0.411 e. The van der Waals surface area contributed by atoms with E-state index in [9.17, 15) is 9.59 Å². The molecule has 1 saturated heterocycles. The number of carbonyl (C=O) groups is 2. The van der Waals surface area contributed by atoms with E-state index < -0.39 is 23.2 Å². The van der Waals surface area contributed by atoms with Gasteiger partial charge in [0, 0.05) is 6.54 Å². The van der Waals surface area contributed by atoms with E-state index in [2.05, 4.69) is 0 Å². The highest BCUT2D eigenvalue weighted by molar-refractivity contribution is 5.86. The van der Waals surface area contributed by atoms with Crippen LogP contribution in [0.4, 0.5) is 4.79 Å². The van der Waals surface area contributed by atoms with Crippen molar-refractivity contribution in [2.24, 2.45) is 0 Å². The summed E-state index contributed by atoms with van der Waals surface area (Å²) < 4.78 is 5.11. The Kier molecular flexibility index (Phi) is 2.67. The minimum atomic E-state index is -1.09. The lowest BCUT2D eigenvalue weighted by molar-refractivity contribution is -0.158. The van der Waals surface area contributed by atoms with Crippen LogP contribution in [0.25, 0.3) is 0 Å². The fraction of sp³-hybridized carbons (Fsp3) is 0.800. The average molecular weight is 215 g/mol. The quantitative estimate of drug-likeness (QED) is 0.719. The maximum atomic E-state index is 11.6. The Balaban J connectivity index is 2.67. The third kappa shape index (κ3) is 2.22. The summed E-state index contributed by atoms with van der Waals surface area (Å²) in [5.41, 5.74) is -1.69. The average Bonchev–Trinajstić information content (AvgIpc) is 1.96. The van der Waals surface area contributed by atoms with Crippen LogP contribution in [0.3, 0.4) is 0 Å². The number of likely N-dealkylation sites (tertiary alicyclic amines) is 1. The molecule has 5 heteroatoms. The predicted octanol–water partition coefficient (Wildman–Crippen LogP) is 1.47. The Morgan fingerprint density at radius 1 is 1.40 bits per heavy atom. The van der Waals surface area contributed by atoms with E-state index in [-0.39, 0.29) is 0 Å². The Hall–Kier alpha value is -1.26. The molecule has 1 N–H and O–H groups in total. The number of hydrogen-bond acceptors (Lipinski definition) is 3. The molecule has 0 aliphatic carbocycles. The van der Waals surface area contributed by atoms with Gasteiger partial charge in [-0.2, -0.15) is 0 Å². The molecule has 1 fully saturated rings. The summed E-state index contributed by atoms with van der Waals surface area (Å²) in [5.74, 6) is -0.986. The molecule has 1 rings (SSSR count). The summed E-state index contributed by atoms with van der Waals surface area (Å²) in [4.78, 5) is 23.8. The van der Waals surface area contributed by atoms with Gasteiger partial charge in [0.25, 0.3) is 0 Å². The van der Waals surface area contributed by atoms with Gasteiger partial charge in [0.05, 0.1) is 0 Å². The van der Waals surface area contributed by atoms with Crippen LogP contribution in [0.1, 0.15) is 34.1 Å². The van der Waals surface area contributed by atoms with Gasteiger partial charge in [-0.15, -0.1) is 0 Å². The van der Waals surface area contributed by atoms with Gasteiger partial charge in [-0.05, 0) is 34.1 Å². The summed E-state index contributed by atoms with van der Waals surface area (Å²) in [6.07, 6.45) is -0.0830. The number of rotatable bonds is 1. The molecule has 15 heavy (non-hydrogen) atoms. The maximum Gasteiger partial charge on any atom is 0.411 e. The van der Waals surface area contributed by atoms with Gasteiger partial charge < -0.3 is 9.84 Å². The fourth-order valence-electron chi connectivity index (χ4n) is 1.39. The SMILES string of the molecule is CC(C)(C)OC(=O)N1CC[C@@]1(C)C(=O)O. The summed E-state index contributed by atoms with van der Waals surface area (Å²) in [5, 5.41) is 8.96. The third-order valence-electron chi connectivity index (χ3n) is 2.49. The summed E-state index contributed by atoms with van der Waals surface area (Å²) in [7, 11) is 0. The summed E-state index contributed by atoms with van der Waals surface area (Å²) in [6.45, 7) is 7.23. The van der Waals surface area contributed by atoms with E-state index in [1.165, 1.54) is 11.8 Å². The number of carboxylic acid groups (broad SMARTS) is 1. The minimum Gasteiger partial charge on any atom is -0.480 e. The van der Waals surface area contributed by atoms with Gasteiger partial charge in [0.1, 0.15) is 11.1 Å². The zero-order valence-corrected chi connectivity index (χ0v) is 9.53. The Morgan fingerprint density at radius 3 is 2.20 bits per heavy atom. The summed E-state index contributed by atoms with van der Waals surface area (Å²) in [6, 6.07) is 0. The molecule has 0 spiro atoms. The van der Waals surface area contributed by atoms with E-state index in [1.54, 1.807) is 20.8 Å². The minimum absolute atomic E-state index is 0.442. The molecule has 86 valence electrons. The number of nitrogens with zero attached hydrogens (tertiary/aromatic N) is 1. The first-order chi connectivity index (χ1) is 6.67. The highest BCUT2D eigenvalue weighted by Gasteiger charge is 2.51. The number of ether oxygens (including phenoxy) is 1.